The summed E-state index contributed by atoms with van der Waals surface area (Å²) in [4.78, 5) is 19.1. The molecule has 3 aliphatic heterocycles. The van der Waals surface area contributed by atoms with E-state index in [1.165, 1.54) is 30.6 Å². The second-order valence-corrected chi connectivity index (χ2v) is 9.75. The van der Waals surface area contributed by atoms with E-state index in [4.69, 9.17) is 9.47 Å². The van der Waals surface area contributed by atoms with Gasteiger partial charge in [-0.15, -0.1) is 0 Å². The quantitative estimate of drug-likeness (QED) is 0.426. The van der Waals surface area contributed by atoms with E-state index in [0.29, 0.717) is 6.04 Å². The number of aryl methyl sites for hydroxylation is 1. The Labute approximate surface area is 203 Å². The number of carbonyl (C=O) groups excluding carboxylic acids is 1. The number of hydrogen-bond acceptors (Lipinski definition) is 6. The Balaban J connectivity index is 1.26. The van der Waals surface area contributed by atoms with Crippen LogP contribution in [0.15, 0.2) is 42.5 Å². The van der Waals surface area contributed by atoms with Crippen molar-refractivity contribution in [2.75, 3.05) is 55.8 Å². The third kappa shape index (κ3) is 5.08. The SMILES string of the molecule is C[C@@H]1CCCN1CCCOc1ccc2c(c1)CCC(C=O)N2c1ccc(N2CCOCC2)cc1. The largest absolute Gasteiger partial charge is 0.494 e. The molecule has 2 fully saturated rings. The smallest absolute Gasteiger partial charge is 0.142 e. The highest BCUT2D eigenvalue weighted by molar-refractivity contribution is 5.79. The second kappa shape index (κ2) is 10.8. The number of nitrogens with zero attached hydrogens (tertiary/aromatic N) is 3. The molecule has 34 heavy (non-hydrogen) atoms. The molecule has 0 amide bonds. The van der Waals surface area contributed by atoms with Crippen molar-refractivity contribution in [2.24, 2.45) is 0 Å². The van der Waals surface area contributed by atoms with Crippen molar-refractivity contribution in [3.05, 3.63) is 48.0 Å². The van der Waals surface area contributed by atoms with Crippen molar-refractivity contribution in [2.45, 2.75) is 51.1 Å². The first-order chi connectivity index (χ1) is 16.7. The fraction of sp³-hybridized carbons (Fsp3) is 0.536. The van der Waals surface area contributed by atoms with E-state index >= 15 is 0 Å². The van der Waals surface area contributed by atoms with Crippen LogP contribution in [0.4, 0.5) is 17.1 Å². The van der Waals surface area contributed by atoms with E-state index in [2.05, 4.69) is 64.1 Å². The highest BCUT2D eigenvalue weighted by atomic mass is 16.5. The Hall–Kier alpha value is -2.57. The van der Waals surface area contributed by atoms with Crippen LogP contribution in [0.3, 0.4) is 0 Å². The Morgan fingerprint density at radius 3 is 2.56 bits per heavy atom. The van der Waals surface area contributed by atoms with E-state index in [1.807, 2.05) is 0 Å². The van der Waals surface area contributed by atoms with Crippen LogP contribution in [0, 0.1) is 0 Å². The van der Waals surface area contributed by atoms with Gasteiger partial charge in [-0.25, -0.2) is 0 Å². The van der Waals surface area contributed by atoms with Gasteiger partial charge in [0, 0.05) is 42.7 Å². The number of hydrogen-bond donors (Lipinski definition) is 0. The Morgan fingerprint density at radius 1 is 1.03 bits per heavy atom. The first kappa shape index (κ1) is 23.2. The molecule has 5 rings (SSSR count). The predicted molar refractivity (Wildman–Crippen MR) is 137 cm³/mol. The van der Waals surface area contributed by atoms with Gasteiger partial charge in [-0.3, -0.25) is 0 Å². The lowest BCUT2D eigenvalue weighted by atomic mass is 9.95. The number of anilines is 3. The zero-order valence-electron chi connectivity index (χ0n) is 20.3. The Bertz CT molecular complexity index is 958. The van der Waals surface area contributed by atoms with E-state index < -0.39 is 0 Å². The number of morpholine rings is 1. The molecule has 3 aliphatic rings. The average molecular weight is 464 g/mol. The van der Waals surface area contributed by atoms with E-state index in [-0.39, 0.29) is 6.04 Å². The number of likely N-dealkylation sites (tertiary alicyclic amines) is 1. The number of aldehydes is 1. The number of benzene rings is 2. The molecule has 0 aromatic heterocycles. The minimum atomic E-state index is -0.143. The number of fused-ring (bicyclic) bond motifs is 1. The summed E-state index contributed by atoms with van der Waals surface area (Å²) in [5, 5.41) is 0. The monoisotopic (exact) mass is 463 g/mol. The first-order valence-corrected chi connectivity index (χ1v) is 12.9. The van der Waals surface area contributed by atoms with Crippen molar-refractivity contribution in [3.63, 3.8) is 0 Å². The molecule has 2 saturated heterocycles. The minimum absolute atomic E-state index is 0.143. The normalized spacial score (nSPS) is 23.1. The number of rotatable bonds is 8. The van der Waals surface area contributed by atoms with Crippen LogP contribution >= 0.6 is 0 Å². The fourth-order valence-electron chi connectivity index (χ4n) is 5.59. The van der Waals surface area contributed by atoms with E-state index in [1.54, 1.807) is 0 Å². The van der Waals surface area contributed by atoms with Gasteiger partial charge in [0.1, 0.15) is 12.0 Å². The average Bonchev–Trinajstić information content (AvgIpc) is 3.31. The summed E-state index contributed by atoms with van der Waals surface area (Å²) in [6, 6.07) is 15.5. The molecule has 2 aromatic rings. The second-order valence-electron chi connectivity index (χ2n) is 9.75. The van der Waals surface area contributed by atoms with Crippen LogP contribution in [0.2, 0.25) is 0 Å². The maximum Gasteiger partial charge on any atom is 0.142 e. The van der Waals surface area contributed by atoms with Gasteiger partial charge in [-0.1, -0.05) is 0 Å². The summed E-state index contributed by atoms with van der Waals surface area (Å²) in [5.74, 6) is 0.931. The molecule has 2 atom stereocenters. The third-order valence-corrected chi connectivity index (χ3v) is 7.56. The number of carbonyl (C=O) groups is 1. The van der Waals surface area contributed by atoms with Gasteiger partial charge in [0.05, 0.1) is 25.9 Å². The minimum Gasteiger partial charge on any atom is -0.494 e. The highest BCUT2D eigenvalue weighted by Gasteiger charge is 2.28. The van der Waals surface area contributed by atoms with Crippen LogP contribution < -0.4 is 14.5 Å². The molecule has 1 unspecified atom stereocenters. The summed E-state index contributed by atoms with van der Waals surface area (Å²) in [6.45, 7) is 8.79. The maximum atomic E-state index is 11.9. The zero-order valence-corrected chi connectivity index (χ0v) is 20.3. The van der Waals surface area contributed by atoms with E-state index in [9.17, 15) is 4.79 Å². The molecule has 0 saturated carbocycles. The Kier molecular flexibility index (Phi) is 7.36. The zero-order chi connectivity index (χ0) is 23.3. The lowest BCUT2D eigenvalue weighted by Gasteiger charge is -2.37. The van der Waals surface area contributed by atoms with Gasteiger partial charge < -0.3 is 29.0 Å². The molecule has 0 aliphatic carbocycles. The van der Waals surface area contributed by atoms with Gasteiger partial charge >= 0.3 is 0 Å². The summed E-state index contributed by atoms with van der Waals surface area (Å²) >= 11 is 0. The van der Waals surface area contributed by atoms with Gasteiger partial charge in [0.25, 0.3) is 0 Å². The third-order valence-electron chi connectivity index (χ3n) is 7.56. The predicted octanol–water partition coefficient (Wildman–Crippen LogP) is 4.43. The maximum absolute atomic E-state index is 11.9. The van der Waals surface area contributed by atoms with Crippen LogP contribution in [0.1, 0.15) is 38.2 Å². The van der Waals surface area contributed by atoms with Crippen LogP contribution in [0.25, 0.3) is 0 Å². The van der Waals surface area contributed by atoms with Crippen LogP contribution in [-0.2, 0) is 16.0 Å². The van der Waals surface area contributed by atoms with Gasteiger partial charge in [-0.2, -0.15) is 0 Å². The topological polar surface area (TPSA) is 45.2 Å². The van der Waals surface area contributed by atoms with Crippen LogP contribution in [0.5, 0.6) is 5.75 Å². The molecule has 0 radical (unpaired) electrons. The van der Waals surface area contributed by atoms with E-state index in [0.717, 1.165) is 82.1 Å². The van der Waals surface area contributed by atoms with Gasteiger partial charge in [0.15, 0.2) is 0 Å². The van der Waals surface area contributed by atoms with Gasteiger partial charge in [-0.05, 0) is 93.6 Å². The molecule has 182 valence electrons. The molecular formula is C28H37N3O3. The van der Waals surface area contributed by atoms with Crippen molar-refractivity contribution in [1.29, 1.82) is 0 Å². The highest BCUT2D eigenvalue weighted by Crippen LogP contribution is 2.38. The van der Waals surface area contributed by atoms with Gasteiger partial charge in [0.2, 0.25) is 0 Å². The molecule has 0 N–H and O–H groups in total. The lowest BCUT2D eigenvalue weighted by Crippen LogP contribution is -2.37. The summed E-state index contributed by atoms with van der Waals surface area (Å²) < 4.78 is 11.6. The summed E-state index contributed by atoms with van der Waals surface area (Å²) in [5.41, 5.74) is 4.63. The summed E-state index contributed by atoms with van der Waals surface area (Å²) in [7, 11) is 0. The molecule has 0 bridgehead atoms. The standard InChI is InChI=1S/C28H37N3O3/c1-22-4-2-13-29(22)14-3-17-34-27-11-12-28-23(20-27)5-6-26(21-32)31(28)25-9-7-24(8-10-25)30-15-18-33-19-16-30/h7-12,20-22,26H,2-6,13-19H2,1H3/t22-,26?/m1/s1. The molecule has 2 aromatic carbocycles. The summed E-state index contributed by atoms with van der Waals surface area (Å²) in [6.07, 6.45) is 6.49. The molecule has 6 nitrogen and oxygen atoms in total. The van der Waals surface area contributed by atoms with Crippen molar-refractivity contribution >= 4 is 23.3 Å². The van der Waals surface area contributed by atoms with Crippen molar-refractivity contribution in [1.82, 2.24) is 4.90 Å². The molecule has 0 spiro atoms. The van der Waals surface area contributed by atoms with Crippen molar-refractivity contribution in [3.8, 4) is 5.75 Å². The fourth-order valence-corrected chi connectivity index (χ4v) is 5.59. The number of ether oxygens (including phenoxy) is 2. The Morgan fingerprint density at radius 2 is 1.82 bits per heavy atom. The van der Waals surface area contributed by atoms with Crippen molar-refractivity contribution < 1.29 is 14.3 Å². The first-order valence-electron chi connectivity index (χ1n) is 12.9. The van der Waals surface area contributed by atoms with Crippen LogP contribution in [-0.4, -0.2) is 69.3 Å². The molecular weight excluding hydrogens is 426 g/mol. The molecule has 3 heterocycles. The molecule has 6 heteroatoms. The lowest BCUT2D eigenvalue weighted by molar-refractivity contribution is -0.109.